The lowest BCUT2D eigenvalue weighted by atomic mass is 9.95. The van der Waals surface area contributed by atoms with Crippen molar-refractivity contribution in [1.82, 2.24) is 10.3 Å². The summed E-state index contributed by atoms with van der Waals surface area (Å²) in [5.41, 5.74) is 1.26. The highest BCUT2D eigenvalue weighted by atomic mass is 16.5. The molecule has 8 heteroatoms. The van der Waals surface area contributed by atoms with Crippen molar-refractivity contribution in [3.8, 4) is 23.5 Å². The van der Waals surface area contributed by atoms with E-state index in [2.05, 4.69) is 16.4 Å². The van der Waals surface area contributed by atoms with Gasteiger partial charge in [0.15, 0.2) is 5.76 Å². The normalized spacial score (nSPS) is 15.2. The molecule has 32 heavy (non-hydrogen) atoms. The highest BCUT2D eigenvalue weighted by Crippen LogP contribution is 2.31. The number of carbonyl (C=O) groups is 1. The monoisotopic (exact) mass is 434 g/mol. The third kappa shape index (κ3) is 4.62. The number of anilines is 1. The van der Waals surface area contributed by atoms with Gasteiger partial charge in [0.1, 0.15) is 11.8 Å². The van der Waals surface area contributed by atoms with Gasteiger partial charge in [0.25, 0.3) is 5.89 Å². The predicted octanol–water partition coefficient (Wildman–Crippen LogP) is 4.30. The van der Waals surface area contributed by atoms with E-state index in [-0.39, 0.29) is 29.5 Å². The Morgan fingerprint density at radius 3 is 2.69 bits per heavy atom. The number of nitrogens with one attached hydrogen (secondary N) is 1. The first-order valence-electron chi connectivity index (χ1n) is 10.8. The highest BCUT2D eigenvalue weighted by Gasteiger charge is 2.30. The first-order valence-corrected chi connectivity index (χ1v) is 10.8. The topological polar surface area (TPSA) is 105 Å². The molecule has 2 aromatic heterocycles. The van der Waals surface area contributed by atoms with Gasteiger partial charge in [-0.05, 0) is 56.5 Å². The Bertz CT molecular complexity index is 1070. The minimum absolute atomic E-state index is 0.0420. The number of oxazole rings is 1. The van der Waals surface area contributed by atoms with Crippen molar-refractivity contribution in [2.45, 2.75) is 32.7 Å². The van der Waals surface area contributed by atoms with E-state index in [4.69, 9.17) is 13.6 Å². The number of benzene rings is 1. The van der Waals surface area contributed by atoms with Crippen molar-refractivity contribution in [3.63, 3.8) is 0 Å². The second-order valence-corrected chi connectivity index (χ2v) is 7.76. The molecule has 1 amide bonds. The molecule has 1 aliphatic rings. The second-order valence-electron chi connectivity index (χ2n) is 7.76. The van der Waals surface area contributed by atoms with Crippen LogP contribution in [0.3, 0.4) is 0 Å². The van der Waals surface area contributed by atoms with E-state index in [1.165, 1.54) is 6.26 Å². The zero-order chi connectivity index (χ0) is 22.5. The van der Waals surface area contributed by atoms with Crippen LogP contribution in [-0.2, 0) is 4.79 Å². The number of piperidine rings is 1. The average molecular weight is 434 g/mol. The molecule has 8 nitrogen and oxygen atoms in total. The molecular weight excluding hydrogens is 408 g/mol. The summed E-state index contributed by atoms with van der Waals surface area (Å²) >= 11 is 0. The zero-order valence-corrected chi connectivity index (χ0v) is 18.2. The van der Waals surface area contributed by atoms with Crippen molar-refractivity contribution in [1.29, 1.82) is 5.26 Å². The van der Waals surface area contributed by atoms with E-state index in [9.17, 15) is 10.1 Å². The maximum Gasteiger partial charge on any atom is 0.266 e. The van der Waals surface area contributed by atoms with Crippen LogP contribution in [0.4, 0.5) is 5.88 Å². The third-order valence-electron chi connectivity index (χ3n) is 5.65. The van der Waals surface area contributed by atoms with Gasteiger partial charge in [-0.3, -0.25) is 4.79 Å². The summed E-state index contributed by atoms with van der Waals surface area (Å²) in [6, 6.07) is 13.3. The van der Waals surface area contributed by atoms with Gasteiger partial charge in [-0.15, -0.1) is 0 Å². The molecule has 0 radical (unpaired) electrons. The average Bonchev–Trinajstić information content (AvgIpc) is 3.50. The van der Waals surface area contributed by atoms with Gasteiger partial charge in [0, 0.05) is 19.0 Å². The molecule has 1 saturated heterocycles. The van der Waals surface area contributed by atoms with E-state index in [0.717, 1.165) is 11.3 Å². The molecule has 1 fully saturated rings. The van der Waals surface area contributed by atoms with Gasteiger partial charge in [-0.1, -0.05) is 12.1 Å². The van der Waals surface area contributed by atoms with Crippen LogP contribution < -0.4 is 15.0 Å². The Kier molecular flexibility index (Phi) is 6.45. The lowest BCUT2D eigenvalue weighted by Gasteiger charge is -2.31. The van der Waals surface area contributed by atoms with Crippen LogP contribution in [0.15, 0.2) is 51.5 Å². The first kappa shape index (κ1) is 21.5. The smallest absolute Gasteiger partial charge is 0.266 e. The lowest BCUT2D eigenvalue weighted by Crippen LogP contribution is -2.41. The van der Waals surface area contributed by atoms with Crippen molar-refractivity contribution in [2.24, 2.45) is 5.92 Å². The maximum atomic E-state index is 12.8. The van der Waals surface area contributed by atoms with E-state index >= 15 is 0 Å². The highest BCUT2D eigenvalue weighted by molar-refractivity contribution is 5.79. The van der Waals surface area contributed by atoms with Crippen LogP contribution in [0.1, 0.15) is 44.0 Å². The molecule has 3 aromatic rings. The van der Waals surface area contributed by atoms with Gasteiger partial charge in [0.05, 0.1) is 18.9 Å². The maximum absolute atomic E-state index is 12.8. The number of ether oxygens (including phenoxy) is 1. The standard InChI is InChI=1S/C24H26N4O4/c1-3-30-19-8-6-17(7-9-19)16(2)26-22(29)18-10-12-28(13-11-18)24-20(15-25)27-23(32-24)21-5-4-14-31-21/h4-9,14,16,18H,3,10-13H2,1-2H3,(H,26,29)/t16-/m0/s1. The number of carbonyl (C=O) groups excluding carboxylic acids is 1. The molecule has 0 unspecified atom stereocenters. The van der Waals surface area contributed by atoms with Crippen LogP contribution in [0, 0.1) is 17.2 Å². The molecule has 0 aliphatic carbocycles. The molecule has 1 N–H and O–H groups in total. The fourth-order valence-corrected chi connectivity index (χ4v) is 3.88. The molecule has 4 rings (SSSR count). The Balaban J connectivity index is 1.34. The number of hydrogen-bond donors (Lipinski definition) is 1. The quantitative estimate of drug-likeness (QED) is 0.591. The molecule has 166 valence electrons. The Morgan fingerprint density at radius 2 is 2.06 bits per heavy atom. The number of amides is 1. The number of rotatable bonds is 7. The Labute approximate surface area is 186 Å². The van der Waals surface area contributed by atoms with Gasteiger partial charge in [0.2, 0.25) is 17.5 Å². The minimum Gasteiger partial charge on any atom is -0.494 e. The van der Waals surface area contributed by atoms with E-state index < -0.39 is 0 Å². The molecule has 3 heterocycles. The molecule has 0 spiro atoms. The predicted molar refractivity (Wildman–Crippen MR) is 118 cm³/mol. The molecule has 1 aliphatic heterocycles. The number of aromatic nitrogens is 1. The van der Waals surface area contributed by atoms with Crippen molar-refractivity contribution in [2.75, 3.05) is 24.6 Å². The number of nitrogens with zero attached hydrogens (tertiary/aromatic N) is 3. The summed E-state index contributed by atoms with van der Waals surface area (Å²) in [6.45, 7) is 5.77. The zero-order valence-electron chi connectivity index (χ0n) is 18.2. The van der Waals surface area contributed by atoms with Gasteiger partial charge in [-0.25, -0.2) is 0 Å². The fourth-order valence-electron chi connectivity index (χ4n) is 3.88. The summed E-state index contributed by atoms with van der Waals surface area (Å²) in [5, 5.41) is 12.6. The largest absolute Gasteiger partial charge is 0.494 e. The summed E-state index contributed by atoms with van der Waals surface area (Å²) in [4.78, 5) is 19.0. The second kappa shape index (κ2) is 9.60. The van der Waals surface area contributed by atoms with E-state index in [0.29, 0.717) is 44.2 Å². The van der Waals surface area contributed by atoms with Crippen LogP contribution in [-0.4, -0.2) is 30.6 Å². The van der Waals surface area contributed by atoms with Crippen molar-refractivity contribution < 1.29 is 18.4 Å². The SMILES string of the molecule is CCOc1ccc([C@H](C)NC(=O)C2CCN(c3oc(-c4ccco4)nc3C#N)CC2)cc1. The summed E-state index contributed by atoms with van der Waals surface area (Å²) < 4.78 is 16.6. The fraction of sp³-hybridized carbons (Fsp3) is 0.375. The molecular formula is C24H26N4O4. The van der Waals surface area contributed by atoms with Crippen LogP contribution in [0.25, 0.3) is 11.7 Å². The van der Waals surface area contributed by atoms with Gasteiger partial charge in [-0.2, -0.15) is 10.2 Å². The van der Waals surface area contributed by atoms with Gasteiger partial charge < -0.3 is 23.8 Å². The number of furan rings is 1. The van der Waals surface area contributed by atoms with E-state index in [1.54, 1.807) is 12.1 Å². The lowest BCUT2D eigenvalue weighted by molar-refractivity contribution is -0.126. The first-order chi connectivity index (χ1) is 15.6. The van der Waals surface area contributed by atoms with Crippen LogP contribution in [0.2, 0.25) is 0 Å². The molecule has 1 aromatic carbocycles. The minimum atomic E-state index is -0.0912. The molecule has 0 bridgehead atoms. The summed E-state index contributed by atoms with van der Waals surface area (Å²) in [6.07, 6.45) is 2.87. The Hall–Kier alpha value is -3.73. The van der Waals surface area contributed by atoms with Crippen molar-refractivity contribution in [3.05, 3.63) is 53.9 Å². The van der Waals surface area contributed by atoms with Crippen LogP contribution in [0.5, 0.6) is 5.75 Å². The van der Waals surface area contributed by atoms with Crippen molar-refractivity contribution >= 4 is 11.8 Å². The molecule has 0 saturated carbocycles. The summed E-state index contributed by atoms with van der Waals surface area (Å²) in [5.74, 6) is 1.97. The number of nitriles is 1. The van der Waals surface area contributed by atoms with Gasteiger partial charge >= 0.3 is 0 Å². The van der Waals surface area contributed by atoms with Crippen LogP contribution >= 0.6 is 0 Å². The third-order valence-corrected chi connectivity index (χ3v) is 5.65. The summed E-state index contributed by atoms with van der Waals surface area (Å²) in [7, 11) is 0. The number of hydrogen-bond acceptors (Lipinski definition) is 7. The molecule has 1 atom stereocenters. The Morgan fingerprint density at radius 1 is 1.31 bits per heavy atom. The van der Waals surface area contributed by atoms with E-state index in [1.807, 2.05) is 43.0 Å².